The first-order chi connectivity index (χ1) is 8.34. The van der Waals surface area contributed by atoms with Crippen molar-refractivity contribution in [2.75, 3.05) is 0 Å². The molecule has 0 heterocycles. The SMILES string of the molecule is Brc1cccc(CNC2CCCCCCC2)c1. The van der Waals surface area contributed by atoms with E-state index in [1.807, 2.05) is 0 Å². The summed E-state index contributed by atoms with van der Waals surface area (Å²) in [5.41, 5.74) is 1.38. The Morgan fingerprint density at radius 3 is 2.47 bits per heavy atom. The van der Waals surface area contributed by atoms with Crippen molar-refractivity contribution in [3.8, 4) is 0 Å². The summed E-state index contributed by atoms with van der Waals surface area (Å²) >= 11 is 3.52. The molecule has 0 amide bonds. The molecular weight excluding hydrogens is 274 g/mol. The van der Waals surface area contributed by atoms with Gasteiger partial charge in [-0.15, -0.1) is 0 Å². The molecule has 0 bridgehead atoms. The molecule has 2 heteroatoms. The second-order valence-electron chi connectivity index (χ2n) is 5.05. The Kier molecular flexibility index (Phi) is 5.53. The summed E-state index contributed by atoms with van der Waals surface area (Å²) in [7, 11) is 0. The molecule has 0 radical (unpaired) electrons. The topological polar surface area (TPSA) is 12.0 Å². The van der Waals surface area contributed by atoms with Gasteiger partial charge in [-0.25, -0.2) is 0 Å². The van der Waals surface area contributed by atoms with Gasteiger partial charge in [0.1, 0.15) is 0 Å². The Labute approximate surface area is 113 Å². The second kappa shape index (κ2) is 7.17. The van der Waals surface area contributed by atoms with E-state index in [2.05, 4.69) is 45.5 Å². The predicted molar refractivity (Wildman–Crippen MR) is 77.1 cm³/mol. The number of halogens is 1. The van der Waals surface area contributed by atoms with Crippen molar-refractivity contribution in [2.45, 2.75) is 57.5 Å². The highest BCUT2D eigenvalue weighted by Crippen LogP contribution is 2.18. The maximum Gasteiger partial charge on any atom is 0.0208 e. The fraction of sp³-hybridized carbons (Fsp3) is 0.600. The molecule has 1 aliphatic carbocycles. The molecule has 0 saturated heterocycles. The highest BCUT2D eigenvalue weighted by Gasteiger charge is 2.10. The molecule has 0 aliphatic heterocycles. The minimum absolute atomic E-state index is 0.731. The molecule has 94 valence electrons. The average Bonchev–Trinajstić information content (AvgIpc) is 2.27. The van der Waals surface area contributed by atoms with E-state index in [9.17, 15) is 0 Å². The summed E-state index contributed by atoms with van der Waals surface area (Å²) in [6.45, 7) is 1.00. The average molecular weight is 296 g/mol. The van der Waals surface area contributed by atoms with Crippen LogP contribution in [0.5, 0.6) is 0 Å². The van der Waals surface area contributed by atoms with Crippen LogP contribution in [-0.2, 0) is 6.54 Å². The summed E-state index contributed by atoms with van der Waals surface area (Å²) in [6.07, 6.45) is 9.80. The van der Waals surface area contributed by atoms with Crippen LogP contribution in [0.15, 0.2) is 28.7 Å². The third-order valence-corrected chi connectivity index (χ3v) is 4.08. The van der Waals surface area contributed by atoms with Crippen molar-refractivity contribution in [3.05, 3.63) is 34.3 Å². The maximum absolute atomic E-state index is 3.71. The summed E-state index contributed by atoms with van der Waals surface area (Å²) < 4.78 is 1.18. The number of benzene rings is 1. The van der Waals surface area contributed by atoms with Crippen LogP contribution in [-0.4, -0.2) is 6.04 Å². The van der Waals surface area contributed by atoms with Gasteiger partial charge in [-0.1, -0.05) is 60.2 Å². The smallest absolute Gasteiger partial charge is 0.0208 e. The van der Waals surface area contributed by atoms with Crippen molar-refractivity contribution >= 4 is 15.9 Å². The molecule has 1 nitrogen and oxygen atoms in total. The molecule has 17 heavy (non-hydrogen) atoms. The largest absolute Gasteiger partial charge is 0.310 e. The number of hydrogen-bond acceptors (Lipinski definition) is 1. The number of nitrogens with one attached hydrogen (secondary N) is 1. The van der Waals surface area contributed by atoms with Gasteiger partial charge in [-0.2, -0.15) is 0 Å². The second-order valence-corrected chi connectivity index (χ2v) is 5.97. The molecule has 1 N–H and O–H groups in total. The van der Waals surface area contributed by atoms with Crippen molar-refractivity contribution in [2.24, 2.45) is 0 Å². The van der Waals surface area contributed by atoms with E-state index in [1.54, 1.807) is 0 Å². The fourth-order valence-corrected chi connectivity index (χ4v) is 3.02. The minimum Gasteiger partial charge on any atom is -0.310 e. The van der Waals surface area contributed by atoms with E-state index in [0.717, 1.165) is 12.6 Å². The Balaban J connectivity index is 1.79. The van der Waals surface area contributed by atoms with Gasteiger partial charge >= 0.3 is 0 Å². The zero-order valence-corrected chi connectivity index (χ0v) is 12.0. The predicted octanol–water partition coefficient (Wildman–Crippen LogP) is 4.65. The van der Waals surface area contributed by atoms with Gasteiger partial charge < -0.3 is 5.32 Å². The van der Waals surface area contributed by atoms with E-state index in [4.69, 9.17) is 0 Å². The first-order valence-corrected chi connectivity index (χ1v) is 7.62. The molecule has 1 aromatic carbocycles. The van der Waals surface area contributed by atoms with Crippen LogP contribution < -0.4 is 5.32 Å². The lowest BCUT2D eigenvalue weighted by atomic mass is 9.96. The van der Waals surface area contributed by atoms with Crippen molar-refractivity contribution in [1.29, 1.82) is 0 Å². The van der Waals surface area contributed by atoms with Crippen LogP contribution in [0.1, 0.15) is 50.5 Å². The van der Waals surface area contributed by atoms with E-state index >= 15 is 0 Å². The van der Waals surface area contributed by atoms with Gasteiger partial charge in [0, 0.05) is 17.1 Å². The number of hydrogen-bond donors (Lipinski definition) is 1. The van der Waals surface area contributed by atoms with E-state index in [1.165, 1.54) is 55.0 Å². The molecule has 0 aromatic heterocycles. The number of rotatable bonds is 3. The van der Waals surface area contributed by atoms with Crippen LogP contribution >= 0.6 is 15.9 Å². The monoisotopic (exact) mass is 295 g/mol. The van der Waals surface area contributed by atoms with Gasteiger partial charge in [0.2, 0.25) is 0 Å². The van der Waals surface area contributed by atoms with E-state index < -0.39 is 0 Å². The Morgan fingerprint density at radius 2 is 1.76 bits per heavy atom. The molecule has 0 spiro atoms. The molecule has 1 aliphatic rings. The van der Waals surface area contributed by atoms with E-state index in [-0.39, 0.29) is 0 Å². The Morgan fingerprint density at radius 1 is 1.06 bits per heavy atom. The van der Waals surface area contributed by atoms with Crippen LogP contribution in [0.3, 0.4) is 0 Å². The van der Waals surface area contributed by atoms with Crippen molar-refractivity contribution in [3.63, 3.8) is 0 Å². The summed E-state index contributed by atoms with van der Waals surface area (Å²) in [6, 6.07) is 9.32. The molecule has 1 saturated carbocycles. The quantitative estimate of drug-likeness (QED) is 0.856. The molecule has 0 unspecified atom stereocenters. The van der Waals surface area contributed by atoms with Crippen LogP contribution in [0.4, 0.5) is 0 Å². The lowest BCUT2D eigenvalue weighted by molar-refractivity contribution is 0.389. The highest BCUT2D eigenvalue weighted by molar-refractivity contribution is 9.10. The lowest BCUT2D eigenvalue weighted by Gasteiger charge is -2.21. The van der Waals surface area contributed by atoms with Crippen LogP contribution in [0.25, 0.3) is 0 Å². The minimum atomic E-state index is 0.731. The van der Waals surface area contributed by atoms with E-state index in [0.29, 0.717) is 0 Å². The van der Waals surface area contributed by atoms with Gasteiger partial charge in [-0.05, 0) is 30.5 Å². The Bertz CT molecular complexity index is 329. The highest BCUT2D eigenvalue weighted by atomic mass is 79.9. The molecule has 1 fully saturated rings. The maximum atomic E-state index is 3.71. The fourth-order valence-electron chi connectivity index (χ4n) is 2.57. The summed E-state index contributed by atoms with van der Waals surface area (Å²) in [5, 5.41) is 3.71. The molecule has 0 atom stereocenters. The third kappa shape index (κ3) is 4.81. The standard InChI is InChI=1S/C15H22BrN/c16-14-8-6-7-13(11-14)12-17-15-9-4-2-1-3-5-10-15/h6-8,11,15,17H,1-5,9-10,12H2. The normalized spacial score (nSPS) is 18.6. The third-order valence-electron chi connectivity index (χ3n) is 3.59. The Hall–Kier alpha value is -0.340. The zero-order valence-electron chi connectivity index (χ0n) is 10.4. The molecule has 1 aromatic rings. The molecule has 2 rings (SSSR count). The van der Waals surface area contributed by atoms with Gasteiger partial charge in [0.25, 0.3) is 0 Å². The van der Waals surface area contributed by atoms with Crippen LogP contribution in [0, 0.1) is 0 Å². The summed E-state index contributed by atoms with van der Waals surface area (Å²) in [5.74, 6) is 0. The first-order valence-electron chi connectivity index (χ1n) is 6.82. The summed E-state index contributed by atoms with van der Waals surface area (Å²) in [4.78, 5) is 0. The van der Waals surface area contributed by atoms with Gasteiger partial charge in [0.05, 0.1) is 0 Å². The van der Waals surface area contributed by atoms with Crippen LogP contribution in [0.2, 0.25) is 0 Å². The van der Waals surface area contributed by atoms with Gasteiger partial charge in [-0.3, -0.25) is 0 Å². The van der Waals surface area contributed by atoms with Gasteiger partial charge in [0.15, 0.2) is 0 Å². The zero-order chi connectivity index (χ0) is 11.9. The lowest BCUT2D eigenvalue weighted by Crippen LogP contribution is -2.29. The molecular formula is C15H22BrN. The van der Waals surface area contributed by atoms with Crippen molar-refractivity contribution in [1.82, 2.24) is 5.32 Å². The first kappa shape index (κ1) is 13.1. The van der Waals surface area contributed by atoms with Crippen molar-refractivity contribution < 1.29 is 0 Å².